The number of nitrogens with one attached hydrogen (secondary N) is 1. The van der Waals surface area contributed by atoms with Crippen LogP contribution in [0.2, 0.25) is 0 Å². The van der Waals surface area contributed by atoms with Crippen molar-refractivity contribution in [2.45, 2.75) is 79.5 Å². The van der Waals surface area contributed by atoms with E-state index < -0.39 is 26.1 Å². The van der Waals surface area contributed by atoms with Crippen molar-refractivity contribution in [3.8, 4) is 6.07 Å². The molecule has 1 unspecified atom stereocenters. The van der Waals surface area contributed by atoms with E-state index in [0.717, 1.165) is 37.1 Å². The number of hydrogen-bond acceptors (Lipinski definition) is 7. The molecule has 9 nitrogen and oxygen atoms in total. The first kappa shape index (κ1) is 25.5. The number of hydrogen-bond donors (Lipinski definition) is 2. The van der Waals surface area contributed by atoms with E-state index >= 15 is 0 Å². The molecule has 0 saturated heterocycles. The second-order valence-corrected chi connectivity index (χ2v) is 12.0. The lowest BCUT2D eigenvalue weighted by molar-refractivity contribution is -0.0436. The summed E-state index contributed by atoms with van der Waals surface area (Å²) in [5.41, 5.74) is 0.409. The lowest BCUT2D eigenvalue weighted by Crippen LogP contribution is -2.44. The Morgan fingerprint density at radius 3 is 2.19 bits per heavy atom. The quantitative estimate of drug-likeness (QED) is 0.523. The van der Waals surface area contributed by atoms with Crippen molar-refractivity contribution in [2.24, 2.45) is 11.7 Å². The first-order valence-electron chi connectivity index (χ1n) is 12.2. The van der Waals surface area contributed by atoms with Crippen LogP contribution in [-0.2, 0) is 9.84 Å². The maximum atomic E-state index is 12.8. The van der Waals surface area contributed by atoms with Crippen LogP contribution < -0.4 is 11.1 Å². The molecule has 0 aliphatic heterocycles. The minimum atomic E-state index is -5.48. The van der Waals surface area contributed by atoms with Crippen LogP contribution in [0.15, 0.2) is 35.4 Å². The Bertz CT molecular complexity index is 1310. The fourth-order valence-corrected chi connectivity index (χ4v) is 6.08. The van der Waals surface area contributed by atoms with Crippen molar-refractivity contribution < 1.29 is 26.4 Å². The molecule has 3 aliphatic carbocycles. The lowest BCUT2D eigenvalue weighted by Gasteiger charge is -2.39. The fourth-order valence-electron chi connectivity index (χ4n) is 5.32. The number of alkyl halides is 3. The number of carbonyl (C=O) groups excluding carboxylic acids is 1. The molecule has 1 heterocycles. The van der Waals surface area contributed by atoms with Crippen LogP contribution >= 0.6 is 0 Å². The number of sulfone groups is 1. The van der Waals surface area contributed by atoms with E-state index in [2.05, 4.69) is 21.4 Å². The zero-order valence-corrected chi connectivity index (χ0v) is 20.7. The van der Waals surface area contributed by atoms with Gasteiger partial charge in [0.05, 0.1) is 22.9 Å². The molecule has 1 aromatic heterocycles. The smallest absolute Gasteiger partial charge is 0.365 e. The van der Waals surface area contributed by atoms with Gasteiger partial charge in [-0.3, -0.25) is 14.4 Å². The van der Waals surface area contributed by atoms with Crippen LogP contribution in [0.5, 0.6) is 0 Å². The summed E-state index contributed by atoms with van der Waals surface area (Å²) >= 11 is 0. The zero-order valence-electron chi connectivity index (χ0n) is 19.9. The Balaban J connectivity index is 1.34. The van der Waals surface area contributed by atoms with Gasteiger partial charge in [0.2, 0.25) is 0 Å². The third-order valence-electron chi connectivity index (χ3n) is 7.38. The number of nitrogens with zero attached hydrogens (tertiary/aromatic N) is 4. The van der Waals surface area contributed by atoms with Gasteiger partial charge < -0.3 is 11.1 Å². The van der Waals surface area contributed by atoms with Crippen LogP contribution in [0, 0.1) is 17.2 Å². The average Bonchev–Trinajstić information content (AvgIpc) is 3.79. The molecule has 3 fully saturated rings. The highest BCUT2D eigenvalue weighted by molar-refractivity contribution is 7.92. The van der Waals surface area contributed by atoms with Gasteiger partial charge in [0.25, 0.3) is 15.7 Å². The van der Waals surface area contributed by atoms with E-state index in [1.807, 2.05) is 0 Å². The van der Waals surface area contributed by atoms with Crippen LogP contribution in [0.1, 0.15) is 61.3 Å². The first-order chi connectivity index (χ1) is 17.5. The molecule has 5 rings (SSSR count). The Labute approximate surface area is 212 Å². The molecule has 37 heavy (non-hydrogen) atoms. The first-order valence-corrected chi connectivity index (χ1v) is 13.7. The van der Waals surface area contributed by atoms with Crippen molar-refractivity contribution >= 4 is 27.2 Å². The second-order valence-electron chi connectivity index (χ2n) is 10.0. The van der Waals surface area contributed by atoms with E-state index in [0.29, 0.717) is 24.5 Å². The zero-order chi connectivity index (χ0) is 26.5. The van der Waals surface area contributed by atoms with Gasteiger partial charge in [-0.2, -0.15) is 23.5 Å². The molecule has 3 atom stereocenters. The number of benzene rings is 1. The monoisotopic (exact) mass is 536 g/mol. The lowest BCUT2D eigenvalue weighted by atomic mass is 9.81. The van der Waals surface area contributed by atoms with Crippen LogP contribution in [0.4, 0.5) is 24.7 Å². The Hall–Kier alpha value is -3.11. The van der Waals surface area contributed by atoms with E-state index in [4.69, 9.17) is 5.73 Å². The van der Waals surface area contributed by atoms with Crippen molar-refractivity contribution in [3.63, 3.8) is 0 Å². The molecular formula is C24H27F3N6O3S. The van der Waals surface area contributed by atoms with Crippen molar-refractivity contribution in [1.82, 2.24) is 14.7 Å². The van der Waals surface area contributed by atoms with Gasteiger partial charge in [-0.1, -0.05) is 0 Å². The third kappa shape index (κ3) is 5.04. The number of aromatic nitrogens is 2. The topological polar surface area (TPSA) is 134 Å². The molecule has 3 aliphatic rings. The van der Waals surface area contributed by atoms with Crippen molar-refractivity contribution in [2.75, 3.05) is 5.32 Å². The minimum absolute atomic E-state index is 0.0587. The number of nitriles is 1. The van der Waals surface area contributed by atoms with Gasteiger partial charge >= 0.3 is 5.51 Å². The summed E-state index contributed by atoms with van der Waals surface area (Å²) in [5, 5.41) is 17.3. The molecule has 13 heteroatoms. The molecular weight excluding hydrogens is 509 g/mol. The summed E-state index contributed by atoms with van der Waals surface area (Å²) in [5.74, 6) is -0.990. The second kappa shape index (κ2) is 9.33. The predicted octanol–water partition coefficient (Wildman–Crippen LogP) is 3.88. The van der Waals surface area contributed by atoms with Gasteiger partial charge in [0.1, 0.15) is 5.56 Å². The largest absolute Gasteiger partial charge is 0.501 e. The molecule has 1 aromatic carbocycles. The molecule has 3 saturated carbocycles. The van der Waals surface area contributed by atoms with Gasteiger partial charge in [0.15, 0.2) is 5.82 Å². The summed E-state index contributed by atoms with van der Waals surface area (Å²) in [7, 11) is -5.48. The molecule has 0 radical (unpaired) electrons. The number of nitrogens with two attached hydrogens (primary N) is 1. The number of amides is 1. The standard InChI is InChI=1S/C24H27F3N6O3S/c25-24(26,27)37(35,36)19-8-1-15(2-9-19)30-23-20(22(29)34)13-32(31-23)21-10-7-18(11-14(21)12-28)33(16-3-4-16)17-5-6-17/h1-2,8-9,13-14,16-18,21H,3-7,10-11H2,(H2,29,34)(H,30,31)/t14-,18?,21+/m1/s1. The summed E-state index contributed by atoms with van der Waals surface area (Å²) in [4.78, 5) is 13.8. The minimum Gasteiger partial charge on any atom is -0.365 e. The Morgan fingerprint density at radius 1 is 1.08 bits per heavy atom. The molecule has 198 valence electrons. The van der Waals surface area contributed by atoms with E-state index in [1.54, 1.807) is 4.68 Å². The summed E-state index contributed by atoms with van der Waals surface area (Å²) in [6, 6.07) is 7.74. The highest BCUT2D eigenvalue weighted by Gasteiger charge is 2.47. The fraction of sp³-hybridized carbons (Fsp3) is 0.542. The van der Waals surface area contributed by atoms with Crippen LogP contribution in [-0.4, -0.2) is 52.6 Å². The predicted molar refractivity (Wildman–Crippen MR) is 127 cm³/mol. The summed E-state index contributed by atoms with van der Waals surface area (Å²) in [6.45, 7) is 0. The summed E-state index contributed by atoms with van der Waals surface area (Å²) in [6.07, 6.45) is 8.70. The number of rotatable bonds is 8. The highest BCUT2D eigenvalue weighted by Crippen LogP contribution is 2.45. The summed E-state index contributed by atoms with van der Waals surface area (Å²) < 4.78 is 63.2. The molecule has 0 spiro atoms. The van der Waals surface area contributed by atoms with Crippen molar-refractivity contribution in [3.05, 3.63) is 36.0 Å². The Morgan fingerprint density at radius 2 is 1.68 bits per heavy atom. The van der Waals surface area contributed by atoms with Crippen LogP contribution in [0.3, 0.4) is 0 Å². The number of primary amides is 1. The maximum Gasteiger partial charge on any atom is 0.501 e. The van der Waals surface area contributed by atoms with Crippen molar-refractivity contribution in [1.29, 1.82) is 5.26 Å². The molecule has 0 bridgehead atoms. The van der Waals surface area contributed by atoms with Crippen LogP contribution in [0.25, 0.3) is 0 Å². The van der Waals surface area contributed by atoms with Gasteiger partial charge in [-0.05, 0) is 69.2 Å². The normalized spacial score (nSPS) is 24.6. The Kier molecular flexibility index (Phi) is 6.44. The van der Waals surface area contributed by atoms with E-state index in [9.17, 15) is 31.6 Å². The number of carbonyl (C=O) groups is 1. The number of anilines is 2. The maximum absolute atomic E-state index is 12.8. The molecule has 1 amide bonds. The van der Waals surface area contributed by atoms with E-state index in [-0.39, 0.29) is 29.0 Å². The molecule has 3 N–H and O–H groups in total. The third-order valence-corrected chi connectivity index (χ3v) is 8.88. The van der Waals surface area contributed by atoms with Gasteiger partial charge in [-0.15, -0.1) is 0 Å². The highest BCUT2D eigenvalue weighted by atomic mass is 32.2. The van der Waals surface area contributed by atoms with Gasteiger partial charge in [0, 0.05) is 30.0 Å². The SMILES string of the molecule is N#C[C@H]1CC(N(C2CC2)C2CC2)CC[C@@H]1n1cc(C(N)=O)c(Nc2ccc(S(=O)(=O)C(F)(F)F)cc2)n1. The van der Waals surface area contributed by atoms with Gasteiger partial charge in [-0.25, -0.2) is 8.42 Å². The average molecular weight is 537 g/mol. The number of halogens is 3. The molecule has 2 aromatic rings. The van der Waals surface area contributed by atoms with E-state index in [1.165, 1.54) is 31.9 Å².